The molecule has 2 aliphatic heterocycles. The van der Waals surface area contributed by atoms with Crippen molar-refractivity contribution in [3.63, 3.8) is 0 Å². The lowest BCUT2D eigenvalue weighted by Crippen LogP contribution is -2.55. The molecule has 4 rings (SSSR count). The number of nitrogens with zero attached hydrogens (tertiary/aromatic N) is 1. The fourth-order valence-corrected chi connectivity index (χ4v) is 4.10. The van der Waals surface area contributed by atoms with E-state index in [4.69, 9.17) is 4.74 Å². The van der Waals surface area contributed by atoms with E-state index < -0.39 is 0 Å². The molecule has 2 aromatic rings. The minimum Gasteiger partial charge on any atom is -0.381 e. The van der Waals surface area contributed by atoms with Gasteiger partial charge in [-0.25, -0.2) is 4.79 Å². The van der Waals surface area contributed by atoms with Gasteiger partial charge in [0, 0.05) is 25.6 Å². The fraction of sp³-hybridized carbons (Fsp3) is 0.435. The topological polar surface area (TPSA) is 41.6 Å². The van der Waals surface area contributed by atoms with E-state index in [1.807, 2.05) is 23.1 Å². The molecule has 4 heteroatoms. The maximum absolute atomic E-state index is 12.8. The van der Waals surface area contributed by atoms with Crippen LogP contribution in [0, 0.1) is 18.8 Å². The van der Waals surface area contributed by atoms with Crippen LogP contribution in [0.4, 0.5) is 4.79 Å². The normalized spacial score (nSPS) is 20.9. The van der Waals surface area contributed by atoms with Crippen molar-refractivity contribution in [3.05, 3.63) is 71.3 Å². The number of likely N-dealkylation sites (tertiary alicyclic amines) is 1. The molecule has 2 unspecified atom stereocenters. The summed E-state index contributed by atoms with van der Waals surface area (Å²) < 4.78 is 5.57. The molecule has 27 heavy (non-hydrogen) atoms. The zero-order chi connectivity index (χ0) is 18.6. The lowest BCUT2D eigenvalue weighted by atomic mass is 9.91. The van der Waals surface area contributed by atoms with Crippen LogP contribution in [0.5, 0.6) is 0 Å². The second kappa shape index (κ2) is 8.13. The van der Waals surface area contributed by atoms with Crippen LogP contribution in [0.25, 0.3) is 0 Å². The van der Waals surface area contributed by atoms with E-state index in [2.05, 4.69) is 48.6 Å². The van der Waals surface area contributed by atoms with Crippen molar-refractivity contribution in [2.75, 3.05) is 26.3 Å². The summed E-state index contributed by atoms with van der Waals surface area (Å²) >= 11 is 0. The average molecular weight is 364 g/mol. The van der Waals surface area contributed by atoms with Crippen LogP contribution in [0.15, 0.2) is 54.6 Å². The van der Waals surface area contributed by atoms with Gasteiger partial charge in [0.25, 0.3) is 0 Å². The third-order valence-electron chi connectivity index (χ3n) is 5.76. The number of hydrogen-bond acceptors (Lipinski definition) is 2. The number of hydrogen-bond donors (Lipinski definition) is 1. The summed E-state index contributed by atoms with van der Waals surface area (Å²) in [5.41, 5.74) is 3.81. The average Bonchev–Trinajstić information content (AvgIpc) is 3.19. The minimum absolute atomic E-state index is 0.0253. The van der Waals surface area contributed by atoms with Gasteiger partial charge in [0.1, 0.15) is 0 Å². The van der Waals surface area contributed by atoms with E-state index in [1.165, 1.54) is 11.1 Å². The highest BCUT2D eigenvalue weighted by atomic mass is 16.5. The lowest BCUT2D eigenvalue weighted by molar-refractivity contribution is 0.114. The molecular formula is C23H28N2O2. The molecule has 2 aromatic carbocycles. The quantitative estimate of drug-likeness (QED) is 0.873. The number of nitrogens with one attached hydrogen (secondary N) is 1. The lowest BCUT2D eigenvalue weighted by Gasteiger charge is -2.40. The Morgan fingerprint density at radius 3 is 2.56 bits per heavy atom. The number of ether oxygens (including phenoxy) is 1. The molecule has 0 aliphatic carbocycles. The molecule has 0 saturated carbocycles. The van der Waals surface area contributed by atoms with Crippen LogP contribution < -0.4 is 5.32 Å². The van der Waals surface area contributed by atoms with E-state index in [1.54, 1.807) is 0 Å². The van der Waals surface area contributed by atoms with Gasteiger partial charge in [0.2, 0.25) is 0 Å². The van der Waals surface area contributed by atoms with E-state index in [-0.39, 0.29) is 12.1 Å². The zero-order valence-corrected chi connectivity index (χ0v) is 15.9. The Labute approximate surface area is 161 Å². The molecule has 2 heterocycles. The van der Waals surface area contributed by atoms with Gasteiger partial charge in [-0.05, 0) is 36.8 Å². The standard InChI is InChI=1S/C23H28N2O2/c1-17-7-9-18(10-8-17)13-19-14-25(15-19)23(26)24-22(21-11-12-27-16-21)20-5-3-2-4-6-20/h2-10,19,21-22H,11-16H2,1H3,(H,24,26). The van der Waals surface area contributed by atoms with Crippen molar-refractivity contribution < 1.29 is 9.53 Å². The van der Waals surface area contributed by atoms with Crippen LogP contribution in [-0.2, 0) is 11.2 Å². The Kier molecular flexibility index (Phi) is 5.44. The molecule has 0 aromatic heterocycles. The molecule has 0 spiro atoms. The van der Waals surface area contributed by atoms with Gasteiger partial charge in [-0.1, -0.05) is 60.2 Å². The SMILES string of the molecule is Cc1ccc(CC2CN(C(=O)NC(c3ccccc3)C3CCOC3)C2)cc1. The highest BCUT2D eigenvalue weighted by Gasteiger charge is 2.34. The van der Waals surface area contributed by atoms with Crippen molar-refractivity contribution >= 4 is 6.03 Å². The van der Waals surface area contributed by atoms with Crippen LogP contribution in [0.1, 0.15) is 29.2 Å². The summed E-state index contributed by atoms with van der Waals surface area (Å²) in [5.74, 6) is 0.907. The first-order chi connectivity index (χ1) is 13.2. The molecule has 0 bridgehead atoms. The Morgan fingerprint density at radius 2 is 1.89 bits per heavy atom. The predicted molar refractivity (Wildman–Crippen MR) is 107 cm³/mol. The van der Waals surface area contributed by atoms with Gasteiger partial charge in [-0.3, -0.25) is 0 Å². The summed E-state index contributed by atoms with van der Waals surface area (Å²) in [7, 11) is 0. The number of benzene rings is 2. The molecule has 1 N–H and O–H groups in total. The van der Waals surface area contributed by atoms with E-state index in [0.29, 0.717) is 11.8 Å². The van der Waals surface area contributed by atoms with Crippen LogP contribution >= 0.6 is 0 Å². The van der Waals surface area contributed by atoms with Crippen LogP contribution in [-0.4, -0.2) is 37.2 Å². The second-order valence-electron chi connectivity index (χ2n) is 7.92. The van der Waals surface area contributed by atoms with Gasteiger partial charge in [0.05, 0.1) is 12.6 Å². The molecule has 2 aliphatic rings. The summed E-state index contributed by atoms with van der Waals surface area (Å²) in [5, 5.41) is 3.28. The molecule has 142 valence electrons. The van der Waals surface area contributed by atoms with E-state index >= 15 is 0 Å². The highest BCUT2D eigenvalue weighted by Crippen LogP contribution is 2.30. The number of aryl methyl sites for hydroxylation is 1. The molecule has 0 radical (unpaired) electrons. The summed E-state index contributed by atoms with van der Waals surface area (Å²) in [4.78, 5) is 14.7. The van der Waals surface area contributed by atoms with Crippen molar-refractivity contribution in [2.45, 2.75) is 25.8 Å². The van der Waals surface area contributed by atoms with Gasteiger partial charge >= 0.3 is 6.03 Å². The summed E-state index contributed by atoms with van der Waals surface area (Å²) in [6.45, 7) is 5.28. The summed E-state index contributed by atoms with van der Waals surface area (Å²) in [6.07, 6.45) is 2.04. The van der Waals surface area contributed by atoms with Crippen molar-refractivity contribution in [3.8, 4) is 0 Å². The number of carbonyl (C=O) groups is 1. The predicted octanol–water partition coefficient (Wildman–Crippen LogP) is 3.96. The van der Waals surface area contributed by atoms with Crippen molar-refractivity contribution in [1.29, 1.82) is 0 Å². The number of urea groups is 1. The summed E-state index contributed by atoms with van der Waals surface area (Å²) in [6, 6.07) is 19.1. The van der Waals surface area contributed by atoms with Gasteiger partial charge < -0.3 is 15.0 Å². The first kappa shape index (κ1) is 18.1. The minimum atomic E-state index is 0.0253. The highest BCUT2D eigenvalue weighted by molar-refractivity contribution is 5.75. The third kappa shape index (κ3) is 4.33. The molecule has 2 amide bonds. The molecular weight excluding hydrogens is 336 g/mol. The number of rotatable bonds is 5. The molecule has 2 atom stereocenters. The monoisotopic (exact) mass is 364 g/mol. The maximum atomic E-state index is 12.8. The van der Waals surface area contributed by atoms with Gasteiger partial charge in [0.15, 0.2) is 0 Å². The van der Waals surface area contributed by atoms with Crippen molar-refractivity contribution in [1.82, 2.24) is 10.2 Å². The molecule has 2 saturated heterocycles. The van der Waals surface area contributed by atoms with Gasteiger partial charge in [-0.15, -0.1) is 0 Å². The Morgan fingerprint density at radius 1 is 1.15 bits per heavy atom. The molecule has 4 nitrogen and oxygen atoms in total. The first-order valence-electron chi connectivity index (χ1n) is 9.93. The number of amides is 2. The Balaban J connectivity index is 1.33. The van der Waals surface area contributed by atoms with E-state index in [0.717, 1.165) is 44.7 Å². The van der Waals surface area contributed by atoms with Crippen LogP contribution in [0.2, 0.25) is 0 Å². The maximum Gasteiger partial charge on any atom is 0.317 e. The van der Waals surface area contributed by atoms with Crippen molar-refractivity contribution in [2.24, 2.45) is 11.8 Å². The smallest absolute Gasteiger partial charge is 0.317 e. The molecule has 2 fully saturated rings. The fourth-order valence-electron chi connectivity index (χ4n) is 4.10. The largest absolute Gasteiger partial charge is 0.381 e. The Hall–Kier alpha value is -2.33. The van der Waals surface area contributed by atoms with Crippen LogP contribution in [0.3, 0.4) is 0 Å². The number of carbonyl (C=O) groups excluding carboxylic acids is 1. The van der Waals surface area contributed by atoms with Gasteiger partial charge in [-0.2, -0.15) is 0 Å². The second-order valence-corrected chi connectivity index (χ2v) is 7.92. The Bertz CT molecular complexity index is 748. The first-order valence-corrected chi connectivity index (χ1v) is 9.93. The third-order valence-corrected chi connectivity index (χ3v) is 5.76. The van der Waals surface area contributed by atoms with E-state index in [9.17, 15) is 4.79 Å². The zero-order valence-electron chi connectivity index (χ0n) is 15.9.